The van der Waals surface area contributed by atoms with Crippen LogP contribution in [0.15, 0.2) is 66.7 Å². The molecule has 44 heavy (non-hydrogen) atoms. The molecule has 0 aromatic heterocycles. The Morgan fingerprint density at radius 1 is 0.591 bits per heavy atom. The summed E-state index contributed by atoms with van der Waals surface area (Å²) in [5.74, 6) is -0.621. The molecule has 0 N–H and O–H groups in total. The summed E-state index contributed by atoms with van der Waals surface area (Å²) in [4.78, 5) is 41.6. The Balaban J connectivity index is 1.35. The minimum absolute atomic E-state index is 0.124. The Morgan fingerprint density at radius 2 is 1.14 bits per heavy atom. The molecule has 1 heterocycles. The number of Topliss-reactive ketones (excluding diaryl/α,β-unsaturated/α-hetero) is 2. The van der Waals surface area contributed by atoms with Crippen molar-refractivity contribution in [3.8, 4) is 5.75 Å². The van der Waals surface area contributed by atoms with E-state index in [4.69, 9.17) is 4.74 Å². The van der Waals surface area contributed by atoms with Gasteiger partial charge in [0.2, 0.25) is 0 Å². The Hall–Kier alpha value is -3.99. The zero-order valence-electron chi connectivity index (χ0n) is 26.3. The highest BCUT2D eigenvalue weighted by Gasteiger charge is 2.33. The zero-order chi connectivity index (χ0) is 30.9. The van der Waals surface area contributed by atoms with Gasteiger partial charge in [-0.2, -0.15) is 0 Å². The number of benzene rings is 3. The molecule has 5 nitrogen and oxygen atoms in total. The molecule has 0 radical (unpaired) electrons. The number of anilines is 1. The van der Waals surface area contributed by atoms with E-state index in [9.17, 15) is 14.4 Å². The first-order chi connectivity index (χ1) is 21.5. The Morgan fingerprint density at radius 3 is 1.70 bits per heavy atom. The van der Waals surface area contributed by atoms with Gasteiger partial charge in [-0.15, -0.1) is 0 Å². The highest BCUT2D eigenvalue weighted by molar-refractivity contribution is 6.55. The maximum atomic E-state index is 13.1. The summed E-state index contributed by atoms with van der Waals surface area (Å²) in [5, 5.41) is 1.15. The second-order valence-corrected chi connectivity index (χ2v) is 12.1. The third-order valence-electron chi connectivity index (χ3n) is 8.90. The van der Waals surface area contributed by atoms with Crippen molar-refractivity contribution in [1.29, 1.82) is 0 Å². The van der Waals surface area contributed by atoms with Crippen molar-refractivity contribution in [3.05, 3.63) is 93.9 Å². The summed E-state index contributed by atoms with van der Waals surface area (Å²) in [5.41, 5.74) is 3.45. The van der Waals surface area contributed by atoms with Crippen LogP contribution in [0.5, 0.6) is 5.75 Å². The number of fused-ring (bicyclic) bond motifs is 2. The highest BCUT2D eigenvalue weighted by Crippen LogP contribution is 2.28. The molecule has 0 spiro atoms. The monoisotopic (exact) mass is 591 g/mol. The van der Waals surface area contributed by atoms with Crippen LogP contribution in [0.1, 0.15) is 117 Å². The lowest BCUT2D eigenvalue weighted by Crippen LogP contribution is -2.25. The van der Waals surface area contributed by atoms with Gasteiger partial charge in [-0.25, -0.2) is 4.79 Å². The van der Waals surface area contributed by atoms with Crippen molar-refractivity contribution in [2.75, 3.05) is 18.0 Å². The highest BCUT2D eigenvalue weighted by atomic mass is 16.5. The van der Waals surface area contributed by atoms with Crippen LogP contribution in [-0.4, -0.2) is 30.6 Å². The predicted molar refractivity (Wildman–Crippen MR) is 178 cm³/mol. The summed E-state index contributed by atoms with van der Waals surface area (Å²) in [7, 11) is 0. The van der Waals surface area contributed by atoms with Crippen molar-refractivity contribution in [3.63, 3.8) is 0 Å². The number of hydrogen-bond acceptors (Lipinski definition) is 5. The van der Waals surface area contributed by atoms with Gasteiger partial charge >= 0.3 is 5.97 Å². The minimum Gasteiger partial charge on any atom is -0.422 e. The summed E-state index contributed by atoms with van der Waals surface area (Å²) in [6.07, 6.45) is 15.3. The van der Waals surface area contributed by atoms with Crippen molar-refractivity contribution < 1.29 is 19.1 Å². The van der Waals surface area contributed by atoms with E-state index in [2.05, 4.69) is 30.9 Å². The largest absolute Gasteiger partial charge is 0.422 e. The number of esters is 1. The first-order valence-electron chi connectivity index (χ1n) is 16.7. The van der Waals surface area contributed by atoms with E-state index in [1.165, 1.54) is 82.7 Å². The molecule has 0 amide bonds. The van der Waals surface area contributed by atoms with E-state index in [0.29, 0.717) is 32.9 Å². The molecule has 1 aliphatic heterocycles. The quantitative estimate of drug-likeness (QED) is 0.0977. The molecule has 0 unspecified atom stereocenters. The van der Waals surface area contributed by atoms with Crippen LogP contribution in [0.4, 0.5) is 5.69 Å². The van der Waals surface area contributed by atoms with Gasteiger partial charge in [0.05, 0.1) is 11.1 Å². The fraction of sp³-hybridized carbons (Fsp3) is 0.410. The Bertz CT molecular complexity index is 1570. The number of carbonyl (C=O) groups is 3. The molecule has 0 bridgehead atoms. The normalized spacial score (nSPS) is 13.8. The maximum absolute atomic E-state index is 13.1. The van der Waals surface area contributed by atoms with E-state index in [1.54, 1.807) is 42.5 Å². The third-order valence-corrected chi connectivity index (χ3v) is 8.90. The van der Waals surface area contributed by atoms with E-state index >= 15 is 0 Å². The molecule has 2 aliphatic rings. The average Bonchev–Trinajstić information content (AvgIpc) is 3.51. The number of ether oxygens (including phenoxy) is 1. The molecule has 0 saturated heterocycles. The number of hydrogen-bond donors (Lipinski definition) is 0. The van der Waals surface area contributed by atoms with Crippen LogP contribution >= 0.6 is 0 Å². The SMILES string of the molecule is CCCCCCCCN(CCCCCCCC)c1ccc(C2=c3ccc(=C4C(=O)c5ccccc5C4=O)cc3OC2=O)cc1. The topological polar surface area (TPSA) is 63.7 Å². The molecular formula is C39H45NO4. The molecule has 230 valence electrons. The van der Waals surface area contributed by atoms with Gasteiger partial charge in [0.1, 0.15) is 5.75 Å². The van der Waals surface area contributed by atoms with Crippen LogP contribution in [0, 0.1) is 0 Å². The number of carbonyl (C=O) groups excluding carboxylic acids is 3. The fourth-order valence-corrected chi connectivity index (χ4v) is 6.39. The van der Waals surface area contributed by atoms with Gasteiger partial charge in [-0.1, -0.05) is 121 Å². The second kappa shape index (κ2) is 15.1. The number of unbranched alkanes of at least 4 members (excludes halogenated alkanes) is 10. The molecule has 0 fully saturated rings. The predicted octanol–water partition coefficient (Wildman–Crippen LogP) is 7.56. The smallest absolute Gasteiger partial charge is 0.344 e. The van der Waals surface area contributed by atoms with Crippen LogP contribution < -0.4 is 20.1 Å². The van der Waals surface area contributed by atoms with E-state index in [-0.39, 0.29) is 17.1 Å². The lowest BCUT2D eigenvalue weighted by atomic mass is 10.0. The molecular weight excluding hydrogens is 546 g/mol. The summed E-state index contributed by atoms with van der Waals surface area (Å²) in [6.45, 7) is 6.60. The van der Waals surface area contributed by atoms with Crippen LogP contribution in [-0.2, 0) is 4.79 Å². The van der Waals surface area contributed by atoms with E-state index < -0.39 is 5.97 Å². The molecule has 5 heteroatoms. The molecule has 0 atom stereocenters. The maximum Gasteiger partial charge on any atom is 0.344 e. The average molecular weight is 592 g/mol. The molecule has 3 aromatic carbocycles. The van der Waals surface area contributed by atoms with Crippen LogP contribution in [0.25, 0.3) is 11.1 Å². The lowest BCUT2D eigenvalue weighted by molar-refractivity contribution is -0.127. The molecule has 0 saturated carbocycles. The van der Waals surface area contributed by atoms with Gasteiger partial charge < -0.3 is 9.64 Å². The van der Waals surface area contributed by atoms with E-state index in [0.717, 1.165) is 18.7 Å². The van der Waals surface area contributed by atoms with Gasteiger partial charge in [0.15, 0.2) is 11.6 Å². The fourth-order valence-electron chi connectivity index (χ4n) is 6.39. The molecule has 5 rings (SSSR count). The lowest BCUT2D eigenvalue weighted by Gasteiger charge is -2.25. The van der Waals surface area contributed by atoms with Gasteiger partial charge in [0.25, 0.3) is 0 Å². The zero-order valence-corrected chi connectivity index (χ0v) is 26.3. The van der Waals surface area contributed by atoms with Gasteiger partial charge in [-0.3, -0.25) is 9.59 Å². The van der Waals surface area contributed by atoms with Gasteiger partial charge in [-0.05, 0) is 47.9 Å². The van der Waals surface area contributed by atoms with E-state index in [1.807, 2.05) is 12.1 Å². The molecule has 3 aromatic rings. The minimum atomic E-state index is -0.418. The van der Waals surface area contributed by atoms with Crippen molar-refractivity contribution >= 4 is 34.4 Å². The Kier molecular flexibility index (Phi) is 10.8. The van der Waals surface area contributed by atoms with Crippen molar-refractivity contribution in [1.82, 2.24) is 0 Å². The number of nitrogens with zero attached hydrogens (tertiary/aromatic N) is 1. The third kappa shape index (κ3) is 7.04. The summed E-state index contributed by atoms with van der Waals surface area (Å²) in [6, 6.07) is 20.3. The summed E-state index contributed by atoms with van der Waals surface area (Å²) < 4.78 is 5.66. The first kappa shape index (κ1) is 31.4. The Labute approximate surface area is 261 Å². The van der Waals surface area contributed by atoms with Crippen LogP contribution in [0.2, 0.25) is 0 Å². The standard InChI is InChI=1S/C39H45NO4/c1-3-5-7-9-11-15-25-40(26-16-12-10-8-6-4-2)30-22-19-28(20-23-30)35-33-24-21-29(27-34(33)44-39(35)43)36-37(41)31-17-13-14-18-32(31)38(36)42/h13-14,17-24,27H,3-12,15-16,25-26H2,1-2H3. The first-order valence-corrected chi connectivity index (χ1v) is 16.7. The summed E-state index contributed by atoms with van der Waals surface area (Å²) >= 11 is 0. The van der Waals surface area contributed by atoms with Crippen LogP contribution in [0.3, 0.4) is 0 Å². The number of rotatable bonds is 16. The van der Waals surface area contributed by atoms with Crippen molar-refractivity contribution in [2.45, 2.75) is 90.9 Å². The molecule has 1 aliphatic carbocycles. The number of ketones is 2. The van der Waals surface area contributed by atoms with Gasteiger partial charge in [0, 0.05) is 35.1 Å². The van der Waals surface area contributed by atoms with Crippen molar-refractivity contribution in [2.24, 2.45) is 0 Å². The second-order valence-electron chi connectivity index (χ2n) is 12.1.